The molecule has 2 aliphatic heterocycles. The Morgan fingerprint density at radius 2 is 1.89 bits per heavy atom. The van der Waals surface area contributed by atoms with Gasteiger partial charge in [-0.25, -0.2) is 4.98 Å². The van der Waals surface area contributed by atoms with Crippen LogP contribution in [0, 0.1) is 6.92 Å². The summed E-state index contributed by atoms with van der Waals surface area (Å²) in [6, 6.07) is 12.9. The third-order valence-corrected chi connectivity index (χ3v) is 6.17. The molecule has 1 fully saturated rings. The summed E-state index contributed by atoms with van der Waals surface area (Å²) in [6.45, 7) is 6.59. The second-order valence-corrected chi connectivity index (χ2v) is 8.12. The fraction of sp³-hybridized carbons (Fsp3) is 0.391. The highest BCUT2D eigenvalue weighted by molar-refractivity contribution is 5.60. The Balaban J connectivity index is 1.41. The van der Waals surface area contributed by atoms with Crippen molar-refractivity contribution in [3.8, 4) is 11.3 Å². The maximum absolute atomic E-state index is 6.00. The molecule has 144 valence electrons. The number of pyridine rings is 1. The lowest BCUT2D eigenvalue weighted by atomic mass is 9.86. The van der Waals surface area contributed by atoms with E-state index in [1.807, 2.05) is 24.7 Å². The van der Waals surface area contributed by atoms with Crippen molar-refractivity contribution in [1.29, 1.82) is 0 Å². The minimum atomic E-state index is 0.00966. The molecular formula is C23H26N4O. The molecule has 0 aliphatic carbocycles. The van der Waals surface area contributed by atoms with E-state index in [0.29, 0.717) is 6.61 Å². The minimum Gasteiger partial charge on any atom is -0.371 e. The van der Waals surface area contributed by atoms with Crippen LogP contribution in [0.1, 0.15) is 29.8 Å². The molecule has 0 amide bonds. The van der Waals surface area contributed by atoms with Crippen LogP contribution in [0.15, 0.2) is 55.0 Å². The van der Waals surface area contributed by atoms with Crippen molar-refractivity contribution in [3.05, 3.63) is 71.9 Å². The first-order valence-electron chi connectivity index (χ1n) is 10.1. The van der Waals surface area contributed by atoms with E-state index in [-0.39, 0.29) is 5.54 Å². The number of imidazole rings is 1. The Hall–Kier alpha value is -2.50. The van der Waals surface area contributed by atoms with E-state index in [9.17, 15) is 0 Å². The number of rotatable bonds is 3. The van der Waals surface area contributed by atoms with Gasteiger partial charge in [0, 0.05) is 32.0 Å². The zero-order valence-electron chi connectivity index (χ0n) is 16.3. The Morgan fingerprint density at radius 3 is 2.64 bits per heavy atom. The predicted octanol–water partition coefficient (Wildman–Crippen LogP) is 3.78. The van der Waals surface area contributed by atoms with Crippen LogP contribution in [0.3, 0.4) is 0 Å². The number of benzene rings is 1. The number of fused-ring (bicyclic) bond motifs is 2. The average Bonchev–Trinajstić information content (AvgIpc) is 3.17. The van der Waals surface area contributed by atoms with Crippen molar-refractivity contribution < 1.29 is 4.74 Å². The molecule has 3 aromatic rings. The van der Waals surface area contributed by atoms with E-state index in [1.54, 1.807) is 0 Å². The Kier molecular flexibility index (Phi) is 4.49. The monoisotopic (exact) mass is 374 g/mol. The van der Waals surface area contributed by atoms with Crippen LogP contribution in [0.5, 0.6) is 0 Å². The number of piperidine rings is 1. The van der Waals surface area contributed by atoms with Crippen molar-refractivity contribution in [2.45, 2.75) is 38.5 Å². The van der Waals surface area contributed by atoms with E-state index in [1.165, 1.54) is 22.4 Å². The summed E-state index contributed by atoms with van der Waals surface area (Å²) in [4.78, 5) is 11.5. The second kappa shape index (κ2) is 7.15. The number of likely N-dealkylation sites (tertiary alicyclic amines) is 1. The molecule has 5 rings (SSSR count). The Morgan fingerprint density at radius 1 is 1.07 bits per heavy atom. The summed E-state index contributed by atoms with van der Waals surface area (Å²) < 4.78 is 8.49. The molecule has 4 heterocycles. The highest BCUT2D eigenvalue weighted by atomic mass is 16.5. The molecule has 2 aromatic heterocycles. The molecule has 0 bridgehead atoms. The smallest absolute Gasteiger partial charge is 0.135 e. The zero-order valence-corrected chi connectivity index (χ0v) is 16.3. The summed E-state index contributed by atoms with van der Waals surface area (Å²) >= 11 is 0. The zero-order chi connectivity index (χ0) is 19.0. The predicted molar refractivity (Wildman–Crippen MR) is 109 cm³/mol. The van der Waals surface area contributed by atoms with Gasteiger partial charge in [-0.15, -0.1) is 0 Å². The fourth-order valence-electron chi connectivity index (χ4n) is 4.59. The van der Waals surface area contributed by atoms with Gasteiger partial charge < -0.3 is 9.30 Å². The fourth-order valence-corrected chi connectivity index (χ4v) is 4.59. The first-order valence-corrected chi connectivity index (χ1v) is 10.1. The van der Waals surface area contributed by atoms with Crippen LogP contribution in [0.4, 0.5) is 0 Å². The molecule has 0 radical (unpaired) electrons. The number of aromatic nitrogens is 3. The number of hydrogen-bond donors (Lipinski definition) is 0. The van der Waals surface area contributed by atoms with Gasteiger partial charge in [-0.05, 0) is 37.0 Å². The second-order valence-electron chi connectivity index (χ2n) is 8.12. The third-order valence-electron chi connectivity index (χ3n) is 6.17. The topological polar surface area (TPSA) is 43.2 Å². The molecule has 5 nitrogen and oxygen atoms in total. The van der Waals surface area contributed by atoms with Crippen LogP contribution in [0.2, 0.25) is 0 Å². The first-order chi connectivity index (χ1) is 13.7. The summed E-state index contributed by atoms with van der Waals surface area (Å²) in [7, 11) is 0. The number of aryl methyl sites for hydroxylation is 1. The van der Waals surface area contributed by atoms with Gasteiger partial charge in [-0.2, -0.15) is 0 Å². The normalized spacial score (nSPS) is 18.9. The SMILES string of the molecule is Cc1ccc(-c2cnc3n2C2(CCN(Cc4cccnc4)CC2)COC3)cc1. The number of nitrogens with zero attached hydrogens (tertiary/aromatic N) is 4. The lowest BCUT2D eigenvalue weighted by molar-refractivity contribution is -0.0315. The van der Waals surface area contributed by atoms with Crippen LogP contribution >= 0.6 is 0 Å². The van der Waals surface area contributed by atoms with Gasteiger partial charge in [0.15, 0.2) is 0 Å². The quantitative estimate of drug-likeness (QED) is 0.700. The van der Waals surface area contributed by atoms with Crippen molar-refractivity contribution in [3.63, 3.8) is 0 Å². The van der Waals surface area contributed by atoms with Crippen molar-refractivity contribution >= 4 is 0 Å². The third kappa shape index (κ3) is 3.15. The van der Waals surface area contributed by atoms with Crippen molar-refractivity contribution in [1.82, 2.24) is 19.4 Å². The van der Waals surface area contributed by atoms with Gasteiger partial charge >= 0.3 is 0 Å². The lowest BCUT2D eigenvalue weighted by Gasteiger charge is -2.46. The first kappa shape index (κ1) is 17.6. The van der Waals surface area contributed by atoms with Gasteiger partial charge in [-0.3, -0.25) is 9.88 Å². The summed E-state index contributed by atoms with van der Waals surface area (Å²) in [5.74, 6) is 1.06. The van der Waals surface area contributed by atoms with Crippen LogP contribution in [-0.2, 0) is 23.4 Å². The Bertz CT molecular complexity index is 940. The van der Waals surface area contributed by atoms with Gasteiger partial charge in [0.1, 0.15) is 12.4 Å². The van der Waals surface area contributed by atoms with E-state index in [4.69, 9.17) is 9.72 Å². The van der Waals surface area contributed by atoms with Gasteiger partial charge in [-0.1, -0.05) is 35.9 Å². The Labute approximate surface area is 166 Å². The maximum Gasteiger partial charge on any atom is 0.135 e. The van der Waals surface area contributed by atoms with Crippen molar-refractivity contribution in [2.24, 2.45) is 0 Å². The summed E-state index contributed by atoms with van der Waals surface area (Å²) in [5, 5.41) is 0. The molecule has 1 spiro atoms. The average molecular weight is 374 g/mol. The molecule has 1 aromatic carbocycles. The molecule has 0 N–H and O–H groups in total. The van der Waals surface area contributed by atoms with E-state index in [0.717, 1.165) is 44.9 Å². The van der Waals surface area contributed by atoms with Crippen molar-refractivity contribution in [2.75, 3.05) is 19.7 Å². The maximum atomic E-state index is 6.00. The van der Waals surface area contributed by atoms with E-state index >= 15 is 0 Å². The molecule has 0 unspecified atom stereocenters. The molecule has 0 atom stereocenters. The highest BCUT2D eigenvalue weighted by Crippen LogP contribution is 2.39. The molecule has 1 saturated heterocycles. The minimum absolute atomic E-state index is 0.00966. The standard InChI is InChI=1S/C23H26N4O/c1-18-4-6-20(7-5-18)21-14-25-22-16-28-17-23(27(21)22)8-11-26(12-9-23)15-19-3-2-10-24-13-19/h2-7,10,13-14H,8-9,11-12,15-17H2,1H3. The molecular weight excluding hydrogens is 348 g/mol. The summed E-state index contributed by atoms with van der Waals surface area (Å²) in [5.41, 5.74) is 5.03. The van der Waals surface area contributed by atoms with Gasteiger partial charge in [0.05, 0.1) is 24.0 Å². The molecule has 2 aliphatic rings. The van der Waals surface area contributed by atoms with E-state index < -0.39 is 0 Å². The summed E-state index contributed by atoms with van der Waals surface area (Å²) in [6.07, 6.45) is 7.99. The van der Waals surface area contributed by atoms with Gasteiger partial charge in [0.2, 0.25) is 0 Å². The molecule has 28 heavy (non-hydrogen) atoms. The van der Waals surface area contributed by atoms with Gasteiger partial charge in [0.25, 0.3) is 0 Å². The van der Waals surface area contributed by atoms with Crippen LogP contribution < -0.4 is 0 Å². The lowest BCUT2D eigenvalue weighted by Crippen LogP contribution is -2.51. The van der Waals surface area contributed by atoms with Crippen LogP contribution in [-0.4, -0.2) is 39.1 Å². The number of ether oxygens (including phenoxy) is 1. The highest BCUT2D eigenvalue weighted by Gasteiger charge is 2.41. The van der Waals surface area contributed by atoms with Crippen LogP contribution in [0.25, 0.3) is 11.3 Å². The number of hydrogen-bond acceptors (Lipinski definition) is 4. The molecule has 5 heteroatoms. The largest absolute Gasteiger partial charge is 0.371 e. The van der Waals surface area contributed by atoms with E-state index in [2.05, 4.69) is 51.7 Å². The molecule has 0 saturated carbocycles.